The molecule has 1 aromatic rings. The van der Waals surface area contributed by atoms with Gasteiger partial charge in [-0.2, -0.15) is 13.5 Å². The van der Waals surface area contributed by atoms with Gasteiger partial charge in [0.1, 0.15) is 18.3 Å². The van der Waals surface area contributed by atoms with E-state index in [-0.39, 0.29) is 4.90 Å². The zero-order chi connectivity index (χ0) is 16.0. The topological polar surface area (TPSA) is 139 Å². The van der Waals surface area contributed by atoms with E-state index in [2.05, 4.69) is 5.10 Å². The number of rotatable bonds is 7. The minimum Gasteiger partial charge on any atom is -0.394 e. The lowest BCUT2D eigenvalue weighted by molar-refractivity contribution is -0.0542. The van der Waals surface area contributed by atoms with E-state index in [1.165, 1.54) is 12.1 Å². The number of aliphatic hydroxyl groups is 4. The van der Waals surface area contributed by atoms with E-state index < -0.39 is 34.9 Å². The van der Waals surface area contributed by atoms with Gasteiger partial charge in [-0.1, -0.05) is 17.7 Å². The molecule has 3 unspecified atom stereocenters. The summed E-state index contributed by atoms with van der Waals surface area (Å²) in [4.78, 5) is 1.86. The average Bonchev–Trinajstić information content (AvgIpc) is 2.45. The Hall–Kier alpha value is -1.52. The third-order valence-electron chi connectivity index (χ3n) is 2.66. The van der Waals surface area contributed by atoms with Crippen LogP contribution in [0.15, 0.2) is 34.3 Å². The summed E-state index contributed by atoms with van der Waals surface area (Å²) in [6, 6.07) is 6.03. The van der Waals surface area contributed by atoms with Gasteiger partial charge in [0.2, 0.25) is 0 Å². The first-order chi connectivity index (χ1) is 9.77. The van der Waals surface area contributed by atoms with Gasteiger partial charge in [-0.25, -0.2) is 4.83 Å². The lowest BCUT2D eigenvalue weighted by Crippen LogP contribution is -2.40. The SMILES string of the molecule is Cc1ccc(S(=O)(=O)N/N=C\C(O)C(O)C(O)CO)cc1. The van der Waals surface area contributed by atoms with Gasteiger partial charge in [0.15, 0.2) is 0 Å². The van der Waals surface area contributed by atoms with Crippen molar-refractivity contribution in [3.63, 3.8) is 0 Å². The molecule has 21 heavy (non-hydrogen) atoms. The second-order valence-electron chi connectivity index (χ2n) is 4.42. The number of aryl methyl sites for hydroxylation is 1. The Balaban J connectivity index is 2.69. The second-order valence-corrected chi connectivity index (χ2v) is 6.08. The van der Waals surface area contributed by atoms with E-state index in [1.54, 1.807) is 12.1 Å². The normalized spacial score (nSPS) is 16.6. The summed E-state index contributed by atoms with van der Waals surface area (Å²) in [5.74, 6) is 0. The van der Waals surface area contributed by atoms with Crippen molar-refractivity contribution >= 4 is 16.2 Å². The highest BCUT2D eigenvalue weighted by atomic mass is 32.2. The molecule has 8 nitrogen and oxygen atoms in total. The molecule has 1 aromatic carbocycles. The molecule has 0 saturated carbocycles. The standard InChI is InChI=1S/C12H18N2O6S/c1-8-2-4-9(5-3-8)21(19,20)14-13-6-10(16)12(18)11(17)7-15/h2-6,10-12,14-18H,7H2,1H3/b13-6-. The molecule has 9 heteroatoms. The molecule has 0 aliphatic rings. The molecule has 0 aliphatic heterocycles. The molecule has 0 aliphatic carbocycles. The Labute approximate surface area is 122 Å². The fourth-order valence-electron chi connectivity index (χ4n) is 1.37. The number of nitrogens with one attached hydrogen (secondary N) is 1. The van der Waals surface area contributed by atoms with Crippen molar-refractivity contribution in [2.24, 2.45) is 5.10 Å². The van der Waals surface area contributed by atoms with Gasteiger partial charge in [-0.05, 0) is 19.1 Å². The number of nitrogens with zero attached hydrogens (tertiary/aromatic N) is 1. The van der Waals surface area contributed by atoms with E-state index in [0.717, 1.165) is 11.8 Å². The number of sulfonamides is 1. The number of hydrogen-bond donors (Lipinski definition) is 5. The highest BCUT2D eigenvalue weighted by Gasteiger charge is 2.22. The van der Waals surface area contributed by atoms with E-state index in [9.17, 15) is 18.6 Å². The third kappa shape index (κ3) is 5.06. The largest absolute Gasteiger partial charge is 0.394 e. The van der Waals surface area contributed by atoms with Crippen LogP contribution in [0, 0.1) is 6.92 Å². The molecule has 0 amide bonds. The zero-order valence-electron chi connectivity index (χ0n) is 11.3. The second kappa shape index (κ2) is 7.48. The van der Waals surface area contributed by atoms with E-state index in [1.807, 2.05) is 11.8 Å². The highest BCUT2D eigenvalue weighted by molar-refractivity contribution is 7.89. The molecule has 0 bridgehead atoms. The van der Waals surface area contributed by atoms with Gasteiger partial charge in [0.05, 0.1) is 17.7 Å². The summed E-state index contributed by atoms with van der Waals surface area (Å²) in [6.07, 6.45) is -4.15. The van der Waals surface area contributed by atoms with Crippen LogP contribution in [0.1, 0.15) is 5.56 Å². The van der Waals surface area contributed by atoms with E-state index in [0.29, 0.717) is 0 Å². The quantitative estimate of drug-likeness (QED) is 0.301. The Kier molecular flexibility index (Phi) is 6.24. The Morgan fingerprint density at radius 3 is 2.33 bits per heavy atom. The van der Waals surface area contributed by atoms with Crippen LogP contribution in [0.2, 0.25) is 0 Å². The van der Waals surface area contributed by atoms with Crippen molar-refractivity contribution in [3.8, 4) is 0 Å². The van der Waals surface area contributed by atoms with Crippen LogP contribution in [-0.4, -0.2) is 60.0 Å². The van der Waals surface area contributed by atoms with Crippen LogP contribution in [0.25, 0.3) is 0 Å². The summed E-state index contributed by atoms with van der Waals surface area (Å²) in [5, 5.41) is 39.8. The average molecular weight is 318 g/mol. The fourth-order valence-corrected chi connectivity index (χ4v) is 2.17. The smallest absolute Gasteiger partial charge is 0.276 e. The first-order valence-electron chi connectivity index (χ1n) is 6.04. The van der Waals surface area contributed by atoms with Crippen LogP contribution < -0.4 is 4.83 Å². The maximum atomic E-state index is 11.8. The minimum absolute atomic E-state index is 0.00400. The third-order valence-corrected chi connectivity index (χ3v) is 3.90. The molecule has 0 fully saturated rings. The predicted octanol–water partition coefficient (Wildman–Crippen LogP) is -1.67. The van der Waals surface area contributed by atoms with Crippen molar-refractivity contribution in [3.05, 3.63) is 29.8 Å². The molecule has 0 heterocycles. The number of aliphatic hydroxyl groups excluding tert-OH is 4. The summed E-state index contributed by atoms with van der Waals surface area (Å²) in [6.45, 7) is 1.06. The molecule has 0 radical (unpaired) electrons. The molecular weight excluding hydrogens is 300 g/mol. The van der Waals surface area contributed by atoms with Gasteiger partial charge in [0, 0.05) is 0 Å². The highest BCUT2D eigenvalue weighted by Crippen LogP contribution is 2.09. The van der Waals surface area contributed by atoms with Crippen LogP contribution in [-0.2, 0) is 10.0 Å². The molecular formula is C12H18N2O6S. The minimum atomic E-state index is -3.88. The molecule has 0 saturated heterocycles. The van der Waals surface area contributed by atoms with E-state index in [4.69, 9.17) is 10.2 Å². The van der Waals surface area contributed by atoms with Crippen molar-refractivity contribution in [2.45, 2.75) is 30.1 Å². The summed E-state index contributed by atoms with van der Waals surface area (Å²) < 4.78 is 23.7. The van der Waals surface area contributed by atoms with Crippen LogP contribution in [0.4, 0.5) is 0 Å². The number of hydrazone groups is 1. The van der Waals surface area contributed by atoms with Gasteiger partial charge < -0.3 is 20.4 Å². The Morgan fingerprint density at radius 1 is 1.24 bits per heavy atom. The number of hydrogen-bond acceptors (Lipinski definition) is 7. The lowest BCUT2D eigenvalue weighted by Gasteiger charge is -2.18. The summed E-state index contributed by atoms with van der Waals surface area (Å²) >= 11 is 0. The molecule has 118 valence electrons. The summed E-state index contributed by atoms with van der Waals surface area (Å²) in [5.41, 5.74) is 0.897. The van der Waals surface area contributed by atoms with Crippen LogP contribution >= 0.6 is 0 Å². The first-order valence-corrected chi connectivity index (χ1v) is 7.53. The lowest BCUT2D eigenvalue weighted by atomic mass is 10.1. The zero-order valence-corrected chi connectivity index (χ0v) is 12.1. The molecule has 5 N–H and O–H groups in total. The van der Waals surface area contributed by atoms with Crippen LogP contribution in [0.3, 0.4) is 0 Å². The number of benzene rings is 1. The maximum absolute atomic E-state index is 11.8. The van der Waals surface area contributed by atoms with Crippen LogP contribution in [0.5, 0.6) is 0 Å². The van der Waals surface area contributed by atoms with Crippen molar-refractivity contribution in [1.82, 2.24) is 4.83 Å². The van der Waals surface area contributed by atoms with E-state index >= 15 is 0 Å². The maximum Gasteiger partial charge on any atom is 0.276 e. The molecule has 0 spiro atoms. The van der Waals surface area contributed by atoms with Crippen molar-refractivity contribution in [1.29, 1.82) is 0 Å². The van der Waals surface area contributed by atoms with Crippen molar-refractivity contribution in [2.75, 3.05) is 6.61 Å². The molecule has 3 atom stereocenters. The monoisotopic (exact) mass is 318 g/mol. The van der Waals surface area contributed by atoms with Gasteiger partial charge >= 0.3 is 0 Å². The Bertz CT molecular complexity index is 572. The molecule has 1 rings (SSSR count). The predicted molar refractivity (Wildman–Crippen MR) is 75.1 cm³/mol. The van der Waals surface area contributed by atoms with Crippen molar-refractivity contribution < 1.29 is 28.8 Å². The van der Waals surface area contributed by atoms with Gasteiger partial charge in [-0.15, -0.1) is 0 Å². The summed E-state index contributed by atoms with van der Waals surface area (Å²) in [7, 11) is -3.88. The Morgan fingerprint density at radius 2 is 1.81 bits per heavy atom. The van der Waals surface area contributed by atoms with Gasteiger partial charge in [-0.3, -0.25) is 0 Å². The first kappa shape index (κ1) is 17.5. The van der Waals surface area contributed by atoms with Gasteiger partial charge in [0.25, 0.3) is 10.0 Å². The fraction of sp³-hybridized carbons (Fsp3) is 0.417. The molecule has 0 aromatic heterocycles.